The highest BCUT2D eigenvalue weighted by Crippen LogP contribution is 2.14. The molecule has 1 aromatic rings. The van der Waals surface area contributed by atoms with Gasteiger partial charge in [0.25, 0.3) is 0 Å². The molecule has 1 fully saturated rings. The van der Waals surface area contributed by atoms with Crippen molar-refractivity contribution in [2.24, 2.45) is 4.99 Å². The average molecular weight is 274 g/mol. The third-order valence-electron chi connectivity index (χ3n) is 3.58. The van der Waals surface area contributed by atoms with Crippen LogP contribution in [0.5, 0.6) is 0 Å². The molecule has 0 aromatic heterocycles. The Bertz CT molecular complexity index is 448. The second-order valence-corrected chi connectivity index (χ2v) is 5.43. The molecule has 1 saturated heterocycles. The highest BCUT2D eigenvalue weighted by molar-refractivity contribution is 5.80. The van der Waals surface area contributed by atoms with Gasteiger partial charge < -0.3 is 15.1 Å². The normalized spacial score (nSPS) is 15.6. The van der Waals surface area contributed by atoms with Gasteiger partial charge in [0.1, 0.15) is 0 Å². The molecule has 4 nitrogen and oxygen atoms in total. The van der Waals surface area contributed by atoms with E-state index >= 15 is 0 Å². The number of guanidine groups is 1. The van der Waals surface area contributed by atoms with E-state index in [2.05, 4.69) is 60.4 Å². The molecule has 0 spiro atoms. The predicted molar refractivity (Wildman–Crippen MR) is 86.4 cm³/mol. The SMILES string of the molecule is CCNC(=NCc1cccc(N(C)C)c1)N1CCCC1. The number of nitrogens with zero attached hydrogens (tertiary/aromatic N) is 3. The molecule has 0 unspecified atom stereocenters. The van der Waals surface area contributed by atoms with Gasteiger partial charge in [-0.1, -0.05) is 12.1 Å². The van der Waals surface area contributed by atoms with Crippen molar-refractivity contribution in [3.63, 3.8) is 0 Å². The van der Waals surface area contributed by atoms with Crippen LogP contribution in [0.1, 0.15) is 25.3 Å². The molecule has 0 bridgehead atoms. The summed E-state index contributed by atoms with van der Waals surface area (Å²) in [7, 11) is 4.13. The highest BCUT2D eigenvalue weighted by Gasteiger charge is 2.15. The number of rotatable bonds is 4. The summed E-state index contributed by atoms with van der Waals surface area (Å²) in [6, 6.07) is 8.57. The summed E-state index contributed by atoms with van der Waals surface area (Å²) in [6.45, 7) is 6.04. The first-order valence-electron chi connectivity index (χ1n) is 7.50. The fraction of sp³-hybridized carbons (Fsp3) is 0.562. The first-order chi connectivity index (χ1) is 9.70. The number of hydrogen-bond donors (Lipinski definition) is 1. The fourth-order valence-corrected chi connectivity index (χ4v) is 2.45. The molecule has 1 aromatic carbocycles. The molecule has 0 aliphatic carbocycles. The van der Waals surface area contributed by atoms with Crippen molar-refractivity contribution >= 4 is 11.6 Å². The van der Waals surface area contributed by atoms with Gasteiger partial charge in [0, 0.05) is 39.4 Å². The molecule has 1 aliphatic rings. The molecule has 0 atom stereocenters. The van der Waals surface area contributed by atoms with Crippen molar-refractivity contribution in [1.82, 2.24) is 10.2 Å². The molecule has 20 heavy (non-hydrogen) atoms. The summed E-state index contributed by atoms with van der Waals surface area (Å²) in [6.07, 6.45) is 2.56. The Morgan fingerprint density at radius 2 is 2.05 bits per heavy atom. The molecule has 0 amide bonds. The van der Waals surface area contributed by atoms with Gasteiger partial charge in [0.05, 0.1) is 6.54 Å². The van der Waals surface area contributed by atoms with E-state index in [9.17, 15) is 0 Å². The number of anilines is 1. The van der Waals surface area contributed by atoms with Crippen LogP contribution in [0.3, 0.4) is 0 Å². The van der Waals surface area contributed by atoms with E-state index in [1.54, 1.807) is 0 Å². The summed E-state index contributed by atoms with van der Waals surface area (Å²) in [4.78, 5) is 9.26. The lowest BCUT2D eigenvalue weighted by Gasteiger charge is -2.20. The number of likely N-dealkylation sites (tertiary alicyclic amines) is 1. The fourth-order valence-electron chi connectivity index (χ4n) is 2.45. The minimum atomic E-state index is 0.737. The second-order valence-electron chi connectivity index (χ2n) is 5.43. The van der Waals surface area contributed by atoms with E-state index in [0.29, 0.717) is 0 Å². The van der Waals surface area contributed by atoms with E-state index in [0.717, 1.165) is 32.1 Å². The lowest BCUT2D eigenvalue weighted by atomic mass is 10.2. The molecule has 1 heterocycles. The summed E-state index contributed by atoms with van der Waals surface area (Å²) < 4.78 is 0. The smallest absolute Gasteiger partial charge is 0.194 e. The molecule has 0 saturated carbocycles. The van der Waals surface area contributed by atoms with Crippen LogP contribution in [0, 0.1) is 0 Å². The van der Waals surface area contributed by atoms with Gasteiger partial charge in [-0.3, -0.25) is 0 Å². The lowest BCUT2D eigenvalue weighted by Crippen LogP contribution is -2.39. The van der Waals surface area contributed by atoms with E-state index < -0.39 is 0 Å². The molecule has 0 radical (unpaired) electrons. The van der Waals surface area contributed by atoms with Crippen molar-refractivity contribution in [1.29, 1.82) is 0 Å². The predicted octanol–water partition coefficient (Wildman–Crippen LogP) is 2.31. The maximum atomic E-state index is 4.78. The van der Waals surface area contributed by atoms with Gasteiger partial charge in [0.2, 0.25) is 0 Å². The van der Waals surface area contributed by atoms with Gasteiger partial charge in [-0.15, -0.1) is 0 Å². The van der Waals surface area contributed by atoms with Gasteiger partial charge in [-0.25, -0.2) is 4.99 Å². The maximum Gasteiger partial charge on any atom is 0.194 e. The highest BCUT2D eigenvalue weighted by atomic mass is 15.3. The molecule has 1 N–H and O–H groups in total. The summed E-state index contributed by atoms with van der Waals surface area (Å²) >= 11 is 0. The van der Waals surface area contributed by atoms with E-state index in [-0.39, 0.29) is 0 Å². The Hall–Kier alpha value is -1.71. The third kappa shape index (κ3) is 3.89. The van der Waals surface area contributed by atoms with Crippen molar-refractivity contribution in [3.05, 3.63) is 29.8 Å². The standard InChI is InChI=1S/C16H26N4/c1-4-17-16(20-10-5-6-11-20)18-13-14-8-7-9-15(12-14)19(2)3/h7-9,12H,4-6,10-11,13H2,1-3H3,(H,17,18). The minimum absolute atomic E-state index is 0.737. The lowest BCUT2D eigenvalue weighted by molar-refractivity contribution is 0.493. The van der Waals surface area contributed by atoms with E-state index in [1.807, 2.05) is 0 Å². The van der Waals surface area contributed by atoms with Crippen LogP contribution >= 0.6 is 0 Å². The van der Waals surface area contributed by atoms with Gasteiger partial charge >= 0.3 is 0 Å². The largest absolute Gasteiger partial charge is 0.378 e. The molecular formula is C16H26N4. The minimum Gasteiger partial charge on any atom is -0.378 e. The van der Waals surface area contributed by atoms with Crippen molar-refractivity contribution in [3.8, 4) is 0 Å². The number of hydrogen-bond acceptors (Lipinski definition) is 2. The first-order valence-corrected chi connectivity index (χ1v) is 7.50. The Kier molecular flexibility index (Phi) is 5.27. The number of nitrogens with one attached hydrogen (secondary N) is 1. The number of aliphatic imine (C=N–C) groups is 1. The first kappa shape index (κ1) is 14.7. The quantitative estimate of drug-likeness (QED) is 0.675. The third-order valence-corrected chi connectivity index (χ3v) is 3.58. The summed E-state index contributed by atoms with van der Waals surface area (Å²) in [5, 5.41) is 3.40. The molecule has 1 aliphatic heterocycles. The zero-order valence-corrected chi connectivity index (χ0v) is 12.9. The molecule has 110 valence electrons. The van der Waals surface area contributed by atoms with Gasteiger partial charge in [-0.05, 0) is 37.5 Å². The zero-order chi connectivity index (χ0) is 14.4. The zero-order valence-electron chi connectivity index (χ0n) is 12.9. The Morgan fingerprint density at radius 3 is 2.70 bits per heavy atom. The van der Waals surface area contributed by atoms with Crippen LogP contribution in [-0.2, 0) is 6.54 Å². The Balaban J connectivity index is 2.06. The molecular weight excluding hydrogens is 248 g/mol. The second kappa shape index (κ2) is 7.17. The van der Waals surface area contributed by atoms with E-state index in [1.165, 1.54) is 24.1 Å². The van der Waals surface area contributed by atoms with Crippen molar-refractivity contribution < 1.29 is 0 Å². The molecule has 4 heteroatoms. The maximum absolute atomic E-state index is 4.78. The van der Waals surface area contributed by atoms with Crippen LogP contribution in [0.15, 0.2) is 29.3 Å². The van der Waals surface area contributed by atoms with Crippen LogP contribution in [0.25, 0.3) is 0 Å². The van der Waals surface area contributed by atoms with Crippen LogP contribution in [0.4, 0.5) is 5.69 Å². The monoisotopic (exact) mass is 274 g/mol. The Labute approximate surface area is 122 Å². The van der Waals surface area contributed by atoms with Crippen molar-refractivity contribution in [2.45, 2.75) is 26.3 Å². The van der Waals surface area contributed by atoms with Crippen molar-refractivity contribution in [2.75, 3.05) is 38.6 Å². The van der Waals surface area contributed by atoms with E-state index in [4.69, 9.17) is 4.99 Å². The van der Waals surface area contributed by atoms with Crippen LogP contribution in [0.2, 0.25) is 0 Å². The Morgan fingerprint density at radius 1 is 1.30 bits per heavy atom. The average Bonchev–Trinajstić information content (AvgIpc) is 2.97. The molecule has 2 rings (SSSR count). The summed E-state index contributed by atoms with van der Waals surface area (Å²) in [5.74, 6) is 1.06. The topological polar surface area (TPSA) is 30.9 Å². The van der Waals surface area contributed by atoms with Crippen LogP contribution in [-0.4, -0.2) is 44.6 Å². The number of benzene rings is 1. The van der Waals surface area contributed by atoms with Crippen LogP contribution < -0.4 is 10.2 Å². The summed E-state index contributed by atoms with van der Waals surface area (Å²) in [5.41, 5.74) is 2.48. The van der Waals surface area contributed by atoms with Gasteiger partial charge in [0.15, 0.2) is 5.96 Å². The van der Waals surface area contributed by atoms with Gasteiger partial charge in [-0.2, -0.15) is 0 Å².